The Kier molecular flexibility index (Phi) is 5.65. The predicted molar refractivity (Wildman–Crippen MR) is 70.7 cm³/mol. The summed E-state index contributed by atoms with van der Waals surface area (Å²) in [7, 11) is 0. The number of amides is 2. The number of halogens is 1. The Morgan fingerprint density at radius 2 is 1.67 bits per heavy atom. The van der Waals surface area contributed by atoms with Crippen LogP contribution in [-0.4, -0.2) is 23.6 Å². The van der Waals surface area contributed by atoms with E-state index in [1.54, 1.807) is 0 Å². The summed E-state index contributed by atoms with van der Waals surface area (Å²) in [6.07, 6.45) is 3.82. The molecular formula is C12H19FN2O2S. The maximum absolute atomic E-state index is 12.0. The third kappa shape index (κ3) is 3.25. The summed E-state index contributed by atoms with van der Waals surface area (Å²) in [4.78, 5) is 23.9. The van der Waals surface area contributed by atoms with Gasteiger partial charge in [0, 0.05) is 0 Å². The molecule has 0 aromatic carbocycles. The molecule has 4 nitrogen and oxygen atoms in total. The number of thiocarbonyl (C=S) groups is 1. The summed E-state index contributed by atoms with van der Waals surface area (Å²) < 4.78 is 11.9. The molecule has 0 unspecified atom stereocenters. The van der Waals surface area contributed by atoms with Crippen LogP contribution in [0.5, 0.6) is 0 Å². The molecule has 0 atom stereocenters. The molecule has 1 fully saturated rings. The van der Waals surface area contributed by atoms with Crippen molar-refractivity contribution in [3.05, 3.63) is 0 Å². The van der Waals surface area contributed by atoms with Crippen LogP contribution >= 0.6 is 12.2 Å². The van der Waals surface area contributed by atoms with Crippen molar-refractivity contribution >= 4 is 29.1 Å². The lowest BCUT2D eigenvalue weighted by Crippen LogP contribution is -2.62. The lowest BCUT2D eigenvalue weighted by atomic mass is 9.77. The molecule has 0 aromatic rings. The molecule has 0 spiro atoms. The van der Waals surface area contributed by atoms with Gasteiger partial charge in [-0.25, -0.2) is 0 Å². The fourth-order valence-electron chi connectivity index (χ4n) is 2.18. The van der Waals surface area contributed by atoms with E-state index >= 15 is 0 Å². The SMILES string of the molecule is CCC1(CCCCCC[18F])C(=O)NC(=S)NC1=O. The van der Waals surface area contributed by atoms with Crippen LogP contribution in [0.4, 0.5) is 4.39 Å². The van der Waals surface area contributed by atoms with Gasteiger partial charge in [-0.15, -0.1) is 0 Å². The Morgan fingerprint density at radius 3 is 2.17 bits per heavy atom. The molecular weight excluding hydrogens is 254 g/mol. The van der Waals surface area contributed by atoms with Crippen molar-refractivity contribution in [1.29, 1.82) is 0 Å². The standard InChI is InChI=1S/C12H19FN2O2S/c1-2-12(7-5-3-4-6-8-13)9(16)14-11(18)15-10(12)17/h2-8H2,1H3,(H2,14,15,16,17,18)/i13-1. The maximum atomic E-state index is 12.0. The normalized spacial score (nSPS) is 18.4. The Balaban J connectivity index is 2.58. The number of hydrogen-bond acceptors (Lipinski definition) is 3. The summed E-state index contributed by atoms with van der Waals surface area (Å²) in [6, 6.07) is 0. The first-order valence-electron chi connectivity index (χ1n) is 6.29. The molecule has 18 heavy (non-hydrogen) atoms. The first-order valence-corrected chi connectivity index (χ1v) is 6.70. The van der Waals surface area contributed by atoms with E-state index in [-0.39, 0.29) is 23.6 Å². The van der Waals surface area contributed by atoms with Gasteiger partial charge in [-0.2, -0.15) is 0 Å². The van der Waals surface area contributed by atoms with Crippen LogP contribution in [-0.2, 0) is 9.59 Å². The summed E-state index contributed by atoms with van der Waals surface area (Å²) in [5.41, 5.74) is -1.02. The highest BCUT2D eigenvalue weighted by Crippen LogP contribution is 2.31. The lowest BCUT2D eigenvalue weighted by Gasteiger charge is -2.34. The van der Waals surface area contributed by atoms with Gasteiger partial charge in [-0.05, 0) is 31.5 Å². The van der Waals surface area contributed by atoms with Crippen molar-refractivity contribution in [3.63, 3.8) is 0 Å². The van der Waals surface area contributed by atoms with Crippen LogP contribution < -0.4 is 10.6 Å². The van der Waals surface area contributed by atoms with Gasteiger partial charge in [0.05, 0.1) is 6.67 Å². The van der Waals surface area contributed by atoms with E-state index in [0.29, 0.717) is 19.3 Å². The summed E-state index contributed by atoms with van der Waals surface area (Å²) >= 11 is 4.77. The average molecular weight is 273 g/mol. The Labute approximate surface area is 112 Å². The van der Waals surface area contributed by atoms with Crippen molar-refractivity contribution in [2.75, 3.05) is 6.67 Å². The number of carbonyl (C=O) groups excluding carboxylic acids is 2. The molecule has 0 saturated carbocycles. The van der Waals surface area contributed by atoms with Gasteiger partial charge in [-0.1, -0.05) is 26.2 Å². The van der Waals surface area contributed by atoms with Gasteiger partial charge in [0.25, 0.3) is 0 Å². The fourth-order valence-corrected chi connectivity index (χ4v) is 2.37. The van der Waals surface area contributed by atoms with Crippen molar-refractivity contribution < 1.29 is 14.0 Å². The number of unbranched alkanes of at least 4 members (excludes halogenated alkanes) is 3. The quantitative estimate of drug-likeness (QED) is 0.423. The van der Waals surface area contributed by atoms with Gasteiger partial charge in [0.15, 0.2) is 5.11 Å². The van der Waals surface area contributed by atoms with Gasteiger partial charge in [0.2, 0.25) is 11.8 Å². The fraction of sp³-hybridized carbons (Fsp3) is 0.750. The van der Waals surface area contributed by atoms with E-state index in [0.717, 1.165) is 19.3 Å². The minimum absolute atomic E-state index is 0.0755. The van der Waals surface area contributed by atoms with Crippen molar-refractivity contribution in [2.45, 2.75) is 45.4 Å². The minimum Gasteiger partial charge on any atom is -0.302 e. The molecule has 1 saturated heterocycles. The third-order valence-corrected chi connectivity index (χ3v) is 3.62. The second-order valence-electron chi connectivity index (χ2n) is 4.53. The molecule has 2 N–H and O–H groups in total. The van der Waals surface area contributed by atoms with Crippen LogP contribution in [0, 0.1) is 5.41 Å². The monoisotopic (exact) mass is 273 g/mol. The highest BCUT2D eigenvalue weighted by molar-refractivity contribution is 7.80. The molecule has 1 rings (SSSR count). The molecule has 102 valence electrons. The Morgan fingerprint density at radius 1 is 1.11 bits per heavy atom. The average Bonchev–Trinajstić information content (AvgIpc) is 2.32. The topological polar surface area (TPSA) is 58.2 Å². The number of nitrogens with one attached hydrogen (secondary N) is 2. The van der Waals surface area contributed by atoms with Gasteiger partial charge >= 0.3 is 0 Å². The largest absolute Gasteiger partial charge is 0.302 e. The molecule has 1 aliphatic rings. The van der Waals surface area contributed by atoms with E-state index in [9.17, 15) is 14.0 Å². The maximum Gasteiger partial charge on any atom is 0.241 e. The summed E-state index contributed by atoms with van der Waals surface area (Å²) in [5, 5.41) is 5.08. The van der Waals surface area contributed by atoms with Crippen LogP contribution in [0.15, 0.2) is 0 Å². The summed E-state index contributed by atoms with van der Waals surface area (Å²) in [6.45, 7) is 1.50. The smallest absolute Gasteiger partial charge is 0.241 e. The van der Waals surface area contributed by atoms with E-state index in [4.69, 9.17) is 12.2 Å². The Bertz CT molecular complexity index is 327. The van der Waals surface area contributed by atoms with Crippen LogP contribution in [0.2, 0.25) is 0 Å². The molecule has 0 aliphatic carbocycles. The summed E-state index contributed by atoms with van der Waals surface area (Å²) in [5.74, 6) is -0.631. The number of carbonyl (C=O) groups is 2. The molecule has 0 bridgehead atoms. The van der Waals surface area contributed by atoms with Crippen LogP contribution in [0.1, 0.15) is 45.4 Å². The highest BCUT2D eigenvalue weighted by Gasteiger charge is 2.47. The zero-order chi connectivity index (χ0) is 13.6. The van der Waals surface area contributed by atoms with Crippen LogP contribution in [0.3, 0.4) is 0 Å². The zero-order valence-electron chi connectivity index (χ0n) is 10.6. The first kappa shape index (κ1) is 15.0. The lowest BCUT2D eigenvalue weighted by molar-refractivity contribution is -0.144. The van der Waals surface area contributed by atoms with Crippen molar-refractivity contribution in [1.82, 2.24) is 10.6 Å². The molecule has 0 radical (unpaired) electrons. The van der Waals surface area contributed by atoms with Gasteiger partial charge < -0.3 is 10.6 Å². The van der Waals surface area contributed by atoms with Crippen molar-refractivity contribution in [3.8, 4) is 0 Å². The van der Waals surface area contributed by atoms with E-state index in [2.05, 4.69) is 10.6 Å². The zero-order valence-corrected chi connectivity index (χ0v) is 11.4. The number of rotatable bonds is 7. The second kappa shape index (κ2) is 6.78. The molecule has 1 aliphatic heterocycles. The number of hydrogen-bond donors (Lipinski definition) is 2. The van der Waals surface area contributed by atoms with Crippen LogP contribution in [0.25, 0.3) is 0 Å². The van der Waals surface area contributed by atoms with E-state index < -0.39 is 5.41 Å². The predicted octanol–water partition coefficient (Wildman–Crippen LogP) is 1.83. The number of alkyl halides is 1. The molecule has 0 aromatic heterocycles. The van der Waals surface area contributed by atoms with Gasteiger partial charge in [-0.3, -0.25) is 14.0 Å². The molecule has 6 heteroatoms. The van der Waals surface area contributed by atoms with Crippen molar-refractivity contribution in [2.24, 2.45) is 5.41 Å². The minimum atomic E-state index is -1.02. The third-order valence-electron chi connectivity index (χ3n) is 3.41. The first-order chi connectivity index (χ1) is 8.56. The molecule has 1 heterocycles. The highest BCUT2D eigenvalue weighted by atomic mass is 32.1. The molecule has 2 amide bonds. The van der Waals surface area contributed by atoms with E-state index in [1.165, 1.54) is 0 Å². The van der Waals surface area contributed by atoms with Gasteiger partial charge in [0.1, 0.15) is 5.41 Å². The van der Waals surface area contributed by atoms with E-state index in [1.807, 2.05) is 6.92 Å². The Hall–Kier alpha value is -1.04. The second-order valence-corrected chi connectivity index (χ2v) is 4.93.